The number of halogens is 2. The molecular formula is C21H14BrFN2O4. The van der Waals surface area contributed by atoms with Crippen LogP contribution in [0.4, 0.5) is 4.39 Å². The van der Waals surface area contributed by atoms with Crippen molar-refractivity contribution >= 4 is 40.1 Å². The molecule has 29 heavy (non-hydrogen) atoms. The Morgan fingerprint density at radius 3 is 2.66 bits per heavy atom. The van der Waals surface area contributed by atoms with Crippen molar-refractivity contribution in [2.24, 2.45) is 5.10 Å². The second-order valence-corrected chi connectivity index (χ2v) is 6.57. The van der Waals surface area contributed by atoms with Gasteiger partial charge in [-0.3, -0.25) is 4.79 Å². The molecule has 146 valence electrons. The quantitative estimate of drug-likeness (QED) is 0.194. The van der Waals surface area contributed by atoms with Gasteiger partial charge in [-0.1, -0.05) is 15.9 Å². The van der Waals surface area contributed by atoms with Crippen LogP contribution in [0.3, 0.4) is 0 Å². The van der Waals surface area contributed by atoms with E-state index in [0.29, 0.717) is 11.3 Å². The predicted molar refractivity (Wildman–Crippen MR) is 109 cm³/mol. The molecule has 0 aliphatic heterocycles. The van der Waals surface area contributed by atoms with Crippen LogP contribution in [0.15, 0.2) is 80.9 Å². The molecule has 1 amide bonds. The van der Waals surface area contributed by atoms with Gasteiger partial charge in [-0.2, -0.15) is 5.10 Å². The fraction of sp³-hybridized carbons (Fsp3) is 0. The minimum Gasteiger partial charge on any atom is -0.465 e. The maximum atomic E-state index is 12.9. The summed E-state index contributed by atoms with van der Waals surface area (Å²) in [6, 6.07) is 13.4. The Hall–Kier alpha value is -3.52. The average Bonchev–Trinajstić information content (AvgIpc) is 3.22. The normalized spacial score (nSPS) is 11.1. The number of benzene rings is 2. The van der Waals surface area contributed by atoms with Crippen molar-refractivity contribution < 1.29 is 23.1 Å². The van der Waals surface area contributed by atoms with Gasteiger partial charge in [0, 0.05) is 21.7 Å². The van der Waals surface area contributed by atoms with E-state index in [9.17, 15) is 14.0 Å². The molecule has 0 spiro atoms. The molecule has 8 heteroatoms. The van der Waals surface area contributed by atoms with Gasteiger partial charge in [0.05, 0.1) is 12.5 Å². The molecule has 1 heterocycles. The molecule has 6 nitrogen and oxygen atoms in total. The Balaban J connectivity index is 1.67. The van der Waals surface area contributed by atoms with Gasteiger partial charge in [0.25, 0.3) is 5.91 Å². The Morgan fingerprint density at radius 2 is 1.93 bits per heavy atom. The smallest absolute Gasteiger partial charge is 0.336 e. The van der Waals surface area contributed by atoms with E-state index in [0.717, 1.165) is 4.47 Å². The summed E-state index contributed by atoms with van der Waals surface area (Å²) in [5.41, 5.74) is 3.05. The molecule has 2 aromatic carbocycles. The van der Waals surface area contributed by atoms with Crippen molar-refractivity contribution in [1.29, 1.82) is 0 Å². The molecule has 0 radical (unpaired) electrons. The number of nitrogens with zero attached hydrogens (tertiary/aromatic N) is 1. The van der Waals surface area contributed by atoms with Crippen molar-refractivity contribution in [3.8, 4) is 5.75 Å². The summed E-state index contributed by atoms with van der Waals surface area (Å²) >= 11 is 3.33. The summed E-state index contributed by atoms with van der Waals surface area (Å²) in [6.45, 7) is 0. The maximum absolute atomic E-state index is 12.9. The molecule has 1 aromatic heterocycles. The molecule has 1 N–H and O–H groups in total. The van der Waals surface area contributed by atoms with Gasteiger partial charge in [0.2, 0.25) is 0 Å². The second kappa shape index (κ2) is 9.61. The minimum atomic E-state index is -0.603. The van der Waals surface area contributed by atoms with Crippen molar-refractivity contribution in [3.05, 3.63) is 94.1 Å². The van der Waals surface area contributed by atoms with E-state index in [1.54, 1.807) is 30.3 Å². The molecule has 3 aromatic rings. The highest BCUT2D eigenvalue weighted by Crippen LogP contribution is 2.22. The lowest BCUT2D eigenvalue weighted by molar-refractivity contribution is -0.128. The Kier molecular flexibility index (Phi) is 6.70. The zero-order valence-corrected chi connectivity index (χ0v) is 16.4. The zero-order valence-electron chi connectivity index (χ0n) is 14.8. The van der Waals surface area contributed by atoms with Crippen LogP contribution in [0.5, 0.6) is 5.75 Å². The molecule has 3 rings (SSSR count). The van der Waals surface area contributed by atoms with Crippen LogP contribution >= 0.6 is 15.9 Å². The maximum Gasteiger partial charge on any atom is 0.336 e. The second-order valence-electron chi connectivity index (χ2n) is 5.66. The van der Waals surface area contributed by atoms with Crippen molar-refractivity contribution in [1.82, 2.24) is 5.43 Å². The van der Waals surface area contributed by atoms with Crippen LogP contribution in [-0.2, 0) is 4.79 Å². The van der Waals surface area contributed by atoms with Gasteiger partial charge in [-0.25, -0.2) is 14.6 Å². The van der Waals surface area contributed by atoms with Crippen molar-refractivity contribution in [2.75, 3.05) is 0 Å². The lowest BCUT2D eigenvalue weighted by Crippen LogP contribution is -2.17. The highest BCUT2D eigenvalue weighted by Gasteiger charge is 2.08. The van der Waals surface area contributed by atoms with E-state index in [1.165, 1.54) is 48.9 Å². The molecule has 0 saturated heterocycles. The largest absolute Gasteiger partial charge is 0.465 e. The van der Waals surface area contributed by atoms with E-state index in [4.69, 9.17) is 9.15 Å². The van der Waals surface area contributed by atoms with Gasteiger partial charge in [-0.15, -0.1) is 0 Å². The first-order valence-electron chi connectivity index (χ1n) is 8.33. The third-order valence-electron chi connectivity index (χ3n) is 3.59. The Morgan fingerprint density at radius 1 is 1.14 bits per heavy atom. The van der Waals surface area contributed by atoms with Gasteiger partial charge >= 0.3 is 5.97 Å². The number of nitrogens with one attached hydrogen (secondary N) is 1. The van der Waals surface area contributed by atoms with Crippen LogP contribution in [-0.4, -0.2) is 18.1 Å². The summed E-state index contributed by atoms with van der Waals surface area (Å²) in [4.78, 5) is 24.0. The summed E-state index contributed by atoms with van der Waals surface area (Å²) < 4.78 is 24.1. The number of hydrogen-bond acceptors (Lipinski definition) is 5. The minimum absolute atomic E-state index is 0.252. The van der Waals surface area contributed by atoms with Gasteiger partial charge in [0.1, 0.15) is 17.3 Å². The highest BCUT2D eigenvalue weighted by molar-refractivity contribution is 9.10. The summed E-state index contributed by atoms with van der Waals surface area (Å²) in [6.07, 6.45) is 5.55. The number of carbonyl (C=O) groups is 2. The Bertz CT molecular complexity index is 1060. The van der Waals surface area contributed by atoms with Gasteiger partial charge in [-0.05, 0) is 60.7 Å². The van der Waals surface area contributed by atoms with E-state index >= 15 is 0 Å². The summed E-state index contributed by atoms with van der Waals surface area (Å²) in [5.74, 6) is -0.776. The van der Waals surface area contributed by atoms with Gasteiger partial charge < -0.3 is 9.15 Å². The zero-order chi connectivity index (χ0) is 20.6. The monoisotopic (exact) mass is 456 g/mol. The lowest BCUT2D eigenvalue weighted by atomic mass is 10.2. The van der Waals surface area contributed by atoms with Crippen LogP contribution in [0, 0.1) is 5.82 Å². The topological polar surface area (TPSA) is 80.9 Å². The predicted octanol–water partition coefficient (Wildman–Crippen LogP) is 4.56. The summed E-state index contributed by atoms with van der Waals surface area (Å²) in [7, 11) is 0. The number of esters is 1. The fourth-order valence-electron chi connectivity index (χ4n) is 2.22. The number of hydrazone groups is 1. The van der Waals surface area contributed by atoms with Crippen LogP contribution in [0.25, 0.3) is 6.08 Å². The van der Waals surface area contributed by atoms with Gasteiger partial charge in [0.15, 0.2) is 0 Å². The van der Waals surface area contributed by atoms with Crippen molar-refractivity contribution in [2.45, 2.75) is 0 Å². The van der Waals surface area contributed by atoms with E-state index in [1.807, 2.05) is 0 Å². The van der Waals surface area contributed by atoms with Crippen LogP contribution < -0.4 is 10.2 Å². The number of furan rings is 1. The molecular weight excluding hydrogens is 443 g/mol. The molecule has 0 atom stereocenters. The molecule has 0 saturated carbocycles. The molecule has 0 bridgehead atoms. The number of rotatable bonds is 6. The average molecular weight is 457 g/mol. The van der Waals surface area contributed by atoms with Crippen LogP contribution in [0.2, 0.25) is 0 Å². The molecule has 0 fully saturated rings. The Labute approximate surface area is 173 Å². The standard InChI is InChI=1S/C21H14BrFN2O4/c22-16-5-9-19(29-20(26)10-8-18-2-1-11-28-18)15(12-16)13-24-25-21(27)14-3-6-17(23)7-4-14/h1-13H,(H,25,27)/b10-8-,24-13-. The van der Waals surface area contributed by atoms with Crippen molar-refractivity contribution in [3.63, 3.8) is 0 Å². The SMILES string of the molecule is O=C(/C=C\c1ccco1)Oc1ccc(Br)cc1/C=N\NC(=O)c1ccc(F)cc1. The first-order valence-corrected chi connectivity index (χ1v) is 9.12. The summed E-state index contributed by atoms with van der Waals surface area (Å²) in [5, 5.41) is 3.87. The first kappa shape index (κ1) is 20.2. The number of carbonyl (C=O) groups excluding carboxylic acids is 2. The highest BCUT2D eigenvalue weighted by atomic mass is 79.9. The van der Waals surface area contributed by atoms with Crippen LogP contribution in [0.1, 0.15) is 21.7 Å². The van der Waals surface area contributed by atoms with E-state index in [-0.39, 0.29) is 11.3 Å². The first-order chi connectivity index (χ1) is 14.0. The third-order valence-corrected chi connectivity index (χ3v) is 4.08. The fourth-order valence-corrected chi connectivity index (χ4v) is 2.60. The molecule has 0 aliphatic rings. The van der Waals surface area contributed by atoms with E-state index in [2.05, 4.69) is 26.5 Å². The molecule has 0 unspecified atom stereocenters. The molecule has 0 aliphatic carbocycles. The van der Waals surface area contributed by atoms with E-state index < -0.39 is 17.7 Å². The number of ether oxygens (including phenoxy) is 1. The number of hydrogen-bond donors (Lipinski definition) is 1. The third kappa shape index (κ3) is 5.98. The lowest BCUT2D eigenvalue weighted by Gasteiger charge is -2.06. The number of amides is 1.